The zero-order valence-corrected chi connectivity index (χ0v) is 15.4. The summed E-state index contributed by atoms with van der Waals surface area (Å²) < 4.78 is 1.73. The van der Waals surface area contributed by atoms with Gasteiger partial charge < -0.3 is 10.2 Å². The number of rotatable bonds is 4. The van der Waals surface area contributed by atoms with Gasteiger partial charge in [-0.15, -0.1) is 12.4 Å². The molecule has 130 valence electrons. The molecule has 1 N–H and O–H groups in total. The molecule has 2 aromatic rings. The van der Waals surface area contributed by atoms with Crippen LogP contribution in [0, 0.1) is 12.8 Å². The van der Waals surface area contributed by atoms with Gasteiger partial charge in [0.05, 0.1) is 28.2 Å². The second kappa shape index (κ2) is 8.01. The molecule has 1 aliphatic heterocycles. The number of benzene rings is 1. The Morgan fingerprint density at radius 1 is 1.42 bits per heavy atom. The van der Waals surface area contributed by atoms with Gasteiger partial charge in [-0.2, -0.15) is 5.10 Å². The van der Waals surface area contributed by atoms with Gasteiger partial charge >= 0.3 is 0 Å². The fourth-order valence-corrected chi connectivity index (χ4v) is 3.34. The first-order valence-electron chi connectivity index (χ1n) is 7.85. The Kier molecular flexibility index (Phi) is 6.27. The van der Waals surface area contributed by atoms with Crippen molar-refractivity contribution in [1.82, 2.24) is 20.0 Å². The molecular weight excluding hydrogens is 347 g/mol. The Morgan fingerprint density at radius 2 is 2.17 bits per heavy atom. The number of aromatic nitrogens is 2. The summed E-state index contributed by atoms with van der Waals surface area (Å²) in [6.07, 6.45) is 2.69. The van der Waals surface area contributed by atoms with Gasteiger partial charge in [0.2, 0.25) is 0 Å². The van der Waals surface area contributed by atoms with Gasteiger partial charge in [-0.3, -0.25) is 4.79 Å². The van der Waals surface area contributed by atoms with Gasteiger partial charge in [-0.1, -0.05) is 23.7 Å². The lowest BCUT2D eigenvalue weighted by Gasteiger charge is -2.16. The Morgan fingerprint density at radius 3 is 2.88 bits per heavy atom. The standard InChI is InChI=1S/C17H21ClN4O.ClH/c1-12-14(17(23)21-8-7-13(11-21)9-19-2)10-20-22(12)16-6-4-3-5-15(16)18;/h3-6,10,13,19H,7-9,11H2,1-2H3;1H. The number of halogens is 2. The van der Waals surface area contributed by atoms with E-state index in [1.165, 1.54) is 0 Å². The number of hydrogen-bond acceptors (Lipinski definition) is 3. The van der Waals surface area contributed by atoms with Gasteiger partial charge in [0.1, 0.15) is 0 Å². The number of amides is 1. The summed E-state index contributed by atoms with van der Waals surface area (Å²) in [5.74, 6) is 0.585. The van der Waals surface area contributed by atoms with Gasteiger partial charge in [0, 0.05) is 13.1 Å². The lowest BCUT2D eigenvalue weighted by Crippen LogP contribution is -2.30. The molecular formula is C17H22Cl2N4O. The molecule has 1 fully saturated rings. The summed E-state index contributed by atoms with van der Waals surface area (Å²) in [6.45, 7) is 4.46. The molecule has 1 aliphatic rings. The molecule has 0 bridgehead atoms. The van der Waals surface area contributed by atoms with E-state index in [1.807, 2.05) is 43.1 Å². The smallest absolute Gasteiger partial charge is 0.257 e. The Balaban J connectivity index is 0.00000208. The zero-order valence-electron chi connectivity index (χ0n) is 13.8. The molecule has 0 spiro atoms. The number of carbonyl (C=O) groups excluding carboxylic acids is 1. The second-order valence-electron chi connectivity index (χ2n) is 5.97. The number of hydrogen-bond donors (Lipinski definition) is 1. The molecule has 0 aliphatic carbocycles. The van der Waals surface area contributed by atoms with E-state index in [0.717, 1.165) is 37.4 Å². The average Bonchev–Trinajstić information content (AvgIpc) is 3.15. The number of carbonyl (C=O) groups is 1. The highest BCUT2D eigenvalue weighted by Gasteiger charge is 2.28. The molecule has 5 nitrogen and oxygen atoms in total. The van der Waals surface area contributed by atoms with Crippen LogP contribution < -0.4 is 5.32 Å². The van der Waals surface area contributed by atoms with Crippen LogP contribution in [0.3, 0.4) is 0 Å². The van der Waals surface area contributed by atoms with Crippen molar-refractivity contribution in [3.63, 3.8) is 0 Å². The lowest BCUT2D eigenvalue weighted by atomic mass is 10.1. The molecule has 7 heteroatoms. The molecule has 1 atom stereocenters. The van der Waals surface area contributed by atoms with E-state index in [-0.39, 0.29) is 18.3 Å². The summed E-state index contributed by atoms with van der Waals surface area (Å²) in [5, 5.41) is 8.17. The highest BCUT2D eigenvalue weighted by molar-refractivity contribution is 6.32. The van der Waals surface area contributed by atoms with Crippen molar-refractivity contribution < 1.29 is 4.79 Å². The first-order valence-corrected chi connectivity index (χ1v) is 8.23. The first kappa shape index (κ1) is 18.8. The Labute approximate surface area is 153 Å². The maximum Gasteiger partial charge on any atom is 0.257 e. The maximum atomic E-state index is 12.8. The quantitative estimate of drug-likeness (QED) is 0.902. The Hall–Kier alpha value is -1.56. The van der Waals surface area contributed by atoms with Crippen LogP contribution in [0.5, 0.6) is 0 Å². The minimum atomic E-state index is 0. The normalized spacial score (nSPS) is 17.0. The summed E-state index contributed by atoms with van der Waals surface area (Å²) in [4.78, 5) is 14.7. The first-order chi connectivity index (χ1) is 11.1. The van der Waals surface area contributed by atoms with Crippen LogP contribution in [-0.2, 0) is 0 Å². The number of para-hydroxylation sites is 1. The number of nitrogens with zero attached hydrogens (tertiary/aromatic N) is 3. The van der Waals surface area contributed by atoms with Gasteiger partial charge in [0.25, 0.3) is 5.91 Å². The third-order valence-electron chi connectivity index (χ3n) is 4.39. The number of nitrogens with one attached hydrogen (secondary N) is 1. The van der Waals surface area contributed by atoms with Crippen LogP contribution in [0.2, 0.25) is 5.02 Å². The van der Waals surface area contributed by atoms with Crippen molar-refractivity contribution in [1.29, 1.82) is 0 Å². The van der Waals surface area contributed by atoms with Crippen molar-refractivity contribution >= 4 is 29.9 Å². The molecule has 0 radical (unpaired) electrons. The van der Waals surface area contributed by atoms with Crippen LogP contribution in [0.4, 0.5) is 0 Å². The van der Waals surface area contributed by atoms with Crippen molar-refractivity contribution in [2.24, 2.45) is 5.92 Å². The predicted molar refractivity (Wildman–Crippen MR) is 98.5 cm³/mol. The summed E-state index contributed by atoms with van der Waals surface area (Å²) in [6, 6.07) is 7.51. The van der Waals surface area contributed by atoms with Gasteiger partial charge in [-0.25, -0.2) is 4.68 Å². The minimum absolute atomic E-state index is 0. The molecule has 1 aromatic carbocycles. The average molecular weight is 369 g/mol. The van der Waals surface area contributed by atoms with Crippen LogP contribution >= 0.6 is 24.0 Å². The summed E-state index contributed by atoms with van der Waals surface area (Å²) in [5.41, 5.74) is 2.26. The molecule has 1 saturated heterocycles. The zero-order chi connectivity index (χ0) is 16.4. The highest BCUT2D eigenvalue weighted by atomic mass is 35.5. The molecule has 1 amide bonds. The third-order valence-corrected chi connectivity index (χ3v) is 4.71. The van der Waals surface area contributed by atoms with Gasteiger partial charge in [-0.05, 0) is 45.0 Å². The van der Waals surface area contributed by atoms with E-state index in [4.69, 9.17) is 11.6 Å². The molecule has 1 aromatic heterocycles. The number of likely N-dealkylation sites (tertiary alicyclic amines) is 1. The van der Waals surface area contributed by atoms with Crippen LogP contribution in [-0.4, -0.2) is 47.3 Å². The minimum Gasteiger partial charge on any atom is -0.338 e. The van der Waals surface area contributed by atoms with Crippen molar-refractivity contribution in [2.75, 3.05) is 26.7 Å². The second-order valence-corrected chi connectivity index (χ2v) is 6.38. The molecule has 24 heavy (non-hydrogen) atoms. The van der Waals surface area contributed by atoms with E-state index in [2.05, 4.69) is 10.4 Å². The van der Waals surface area contributed by atoms with Crippen LogP contribution in [0.25, 0.3) is 5.69 Å². The SMILES string of the molecule is CNCC1CCN(C(=O)c2cnn(-c3ccccc3Cl)c2C)C1.Cl. The molecule has 1 unspecified atom stereocenters. The summed E-state index contributed by atoms with van der Waals surface area (Å²) >= 11 is 6.24. The van der Waals surface area contributed by atoms with E-state index < -0.39 is 0 Å². The highest BCUT2D eigenvalue weighted by Crippen LogP contribution is 2.24. The van der Waals surface area contributed by atoms with Crippen LogP contribution in [0.1, 0.15) is 22.5 Å². The third kappa shape index (κ3) is 3.58. The van der Waals surface area contributed by atoms with Crippen molar-refractivity contribution in [2.45, 2.75) is 13.3 Å². The molecule has 2 heterocycles. The maximum absolute atomic E-state index is 12.8. The fraction of sp³-hybridized carbons (Fsp3) is 0.412. The Bertz CT molecular complexity index is 716. The van der Waals surface area contributed by atoms with E-state index in [0.29, 0.717) is 16.5 Å². The van der Waals surface area contributed by atoms with E-state index in [1.54, 1.807) is 10.9 Å². The lowest BCUT2D eigenvalue weighted by molar-refractivity contribution is 0.0786. The monoisotopic (exact) mass is 368 g/mol. The van der Waals surface area contributed by atoms with E-state index >= 15 is 0 Å². The van der Waals surface area contributed by atoms with Crippen LogP contribution in [0.15, 0.2) is 30.5 Å². The predicted octanol–water partition coefficient (Wildman–Crippen LogP) is 2.94. The topological polar surface area (TPSA) is 50.2 Å². The van der Waals surface area contributed by atoms with Crippen molar-refractivity contribution in [3.8, 4) is 5.69 Å². The fourth-order valence-electron chi connectivity index (χ4n) is 3.13. The molecule has 3 rings (SSSR count). The summed E-state index contributed by atoms with van der Waals surface area (Å²) in [7, 11) is 1.95. The van der Waals surface area contributed by atoms with Crippen molar-refractivity contribution in [3.05, 3.63) is 46.7 Å². The van der Waals surface area contributed by atoms with E-state index in [9.17, 15) is 4.79 Å². The largest absolute Gasteiger partial charge is 0.338 e. The van der Waals surface area contributed by atoms with Gasteiger partial charge in [0.15, 0.2) is 0 Å². The molecule has 0 saturated carbocycles.